The van der Waals surface area contributed by atoms with E-state index in [0.717, 1.165) is 5.56 Å². The van der Waals surface area contributed by atoms with Crippen LogP contribution in [0.5, 0.6) is 0 Å². The predicted octanol–water partition coefficient (Wildman–Crippen LogP) is 3.57. The van der Waals surface area contributed by atoms with E-state index in [1.54, 1.807) is 25.7 Å². The Morgan fingerprint density at radius 1 is 1.21 bits per heavy atom. The fourth-order valence-electron chi connectivity index (χ4n) is 2.79. The van der Waals surface area contributed by atoms with Crippen LogP contribution >= 0.6 is 0 Å². The number of halogens is 3. The number of ether oxygens (including phenoxy) is 1. The summed E-state index contributed by atoms with van der Waals surface area (Å²) in [6.45, 7) is 5.43. The van der Waals surface area contributed by atoms with E-state index in [0.29, 0.717) is 6.54 Å². The third-order valence-corrected chi connectivity index (χ3v) is 3.77. The number of hydrogen-bond donors (Lipinski definition) is 1. The molecule has 1 aromatic rings. The molecule has 1 aliphatic heterocycles. The van der Waals surface area contributed by atoms with Gasteiger partial charge in [-0.25, -0.2) is 4.79 Å². The number of rotatable bonds is 3. The second-order valence-electron chi connectivity index (χ2n) is 7.08. The van der Waals surface area contributed by atoms with E-state index in [2.05, 4.69) is 5.32 Å². The molecule has 1 N–H and O–H groups in total. The molecule has 0 aromatic heterocycles. The van der Waals surface area contributed by atoms with E-state index in [9.17, 15) is 18.0 Å². The van der Waals surface area contributed by atoms with Gasteiger partial charge in [-0.15, -0.1) is 0 Å². The Morgan fingerprint density at radius 2 is 1.83 bits per heavy atom. The van der Waals surface area contributed by atoms with E-state index in [1.165, 1.54) is 0 Å². The van der Waals surface area contributed by atoms with Crippen LogP contribution in [0.4, 0.5) is 18.0 Å². The molecule has 1 saturated heterocycles. The fraction of sp³-hybridized carbons (Fsp3) is 0.588. The minimum absolute atomic E-state index is 0.137. The van der Waals surface area contributed by atoms with Crippen molar-refractivity contribution in [2.45, 2.75) is 45.1 Å². The molecule has 2 atom stereocenters. The maximum atomic E-state index is 13.3. The number of nitrogens with zero attached hydrogens (tertiary/aromatic N) is 1. The van der Waals surface area contributed by atoms with E-state index >= 15 is 0 Å². The Morgan fingerprint density at radius 3 is 2.38 bits per heavy atom. The molecule has 0 radical (unpaired) electrons. The van der Waals surface area contributed by atoms with Crippen molar-refractivity contribution in [2.75, 3.05) is 13.1 Å². The summed E-state index contributed by atoms with van der Waals surface area (Å²) in [7, 11) is 0. The molecule has 0 unspecified atom stereocenters. The van der Waals surface area contributed by atoms with Gasteiger partial charge in [0.2, 0.25) is 0 Å². The number of benzene rings is 1. The molecule has 1 amide bonds. The lowest BCUT2D eigenvalue weighted by molar-refractivity contribution is -0.175. The van der Waals surface area contributed by atoms with Gasteiger partial charge in [0.05, 0.1) is 12.0 Å². The Labute approximate surface area is 140 Å². The molecule has 0 spiro atoms. The molecule has 1 aromatic carbocycles. The van der Waals surface area contributed by atoms with Crippen LogP contribution in [-0.2, 0) is 11.3 Å². The number of amides is 1. The van der Waals surface area contributed by atoms with Gasteiger partial charge in [-0.2, -0.15) is 13.2 Å². The number of nitrogens with one attached hydrogen (secondary N) is 1. The molecule has 0 aliphatic carbocycles. The first-order valence-electron chi connectivity index (χ1n) is 7.87. The minimum Gasteiger partial charge on any atom is -0.444 e. The second-order valence-corrected chi connectivity index (χ2v) is 7.08. The molecule has 1 aliphatic rings. The van der Waals surface area contributed by atoms with Crippen molar-refractivity contribution in [3.63, 3.8) is 0 Å². The molecule has 24 heavy (non-hydrogen) atoms. The average molecular weight is 344 g/mol. The topological polar surface area (TPSA) is 41.6 Å². The van der Waals surface area contributed by atoms with Gasteiger partial charge in [-0.1, -0.05) is 30.3 Å². The van der Waals surface area contributed by atoms with Crippen molar-refractivity contribution in [2.24, 2.45) is 5.92 Å². The first kappa shape index (κ1) is 18.6. The summed E-state index contributed by atoms with van der Waals surface area (Å²) in [6, 6.07) is 8.29. The summed E-state index contributed by atoms with van der Waals surface area (Å²) in [4.78, 5) is 13.5. The molecule has 0 bridgehead atoms. The fourth-order valence-corrected chi connectivity index (χ4v) is 2.79. The standard InChI is InChI=1S/C17H23F3N2O2/c1-16(2,3)24-15(23)21-14-11-22(10-13(14)17(18,19)20)9-12-7-5-4-6-8-12/h4-8,13-14H,9-11H2,1-3H3,(H,21,23)/t13-,14-/m1/s1. The lowest BCUT2D eigenvalue weighted by atomic mass is 10.0. The summed E-state index contributed by atoms with van der Waals surface area (Å²) in [5, 5.41) is 2.38. The normalized spacial score (nSPS) is 22.4. The monoisotopic (exact) mass is 344 g/mol. The lowest BCUT2D eigenvalue weighted by Crippen LogP contribution is -2.47. The molecule has 1 heterocycles. The van der Waals surface area contributed by atoms with Crippen LogP contribution in [0.2, 0.25) is 0 Å². The largest absolute Gasteiger partial charge is 0.444 e. The summed E-state index contributed by atoms with van der Waals surface area (Å²) in [5.74, 6) is -1.60. The Kier molecular flexibility index (Phi) is 5.42. The van der Waals surface area contributed by atoms with Crippen LogP contribution in [0.15, 0.2) is 30.3 Å². The van der Waals surface area contributed by atoms with E-state index < -0.39 is 29.8 Å². The SMILES string of the molecule is CC(C)(C)OC(=O)N[C@@H]1CN(Cc2ccccc2)C[C@H]1C(F)(F)F. The Bertz CT molecular complexity index is 555. The van der Waals surface area contributed by atoms with Crippen LogP contribution < -0.4 is 5.32 Å². The number of carbonyl (C=O) groups excluding carboxylic acids is 1. The smallest absolute Gasteiger partial charge is 0.407 e. The van der Waals surface area contributed by atoms with Crippen LogP contribution in [0.1, 0.15) is 26.3 Å². The molecule has 4 nitrogen and oxygen atoms in total. The van der Waals surface area contributed by atoms with E-state index in [4.69, 9.17) is 4.74 Å². The van der Waals surface area contributed by atoms with Gasteiger partial charge in [-0.05, 0) is 26.3 Å². The zero-order valence-corrected chi connectivity index (χ0v) is 14.1. The van der Waals surface area contributed by atoms with Crippen LogP contribution in [-0.4, -0.2) is 41.9 Å². The maximum Gasteiger partial charge on any atom is 0.407 e. The molecule has 7 heteroatoms. The number of likely N-dealkylation sites (tertiary alicyclic amines) is 1. The van der Waals surface area contributed by atoms with Gasteiger partial charge in [-0.3, -0.25) is 4.90 Å². The highest BCUT2D eigenvalue weighted by Gasteiger charge is 2.50. The third-order valence-electron chi connectivity index (χ3n) is 3.77. The highest BCUT2D eigenvalue weighted by Crippen LogP contribution is 2.34. The quantitative estimate of drug-likeness (QED) is 0.911. The number of hydrogen-bond acceptors (Lipinski definition) is 3. The van der Waals surface area contributed by atoms with Gasteiger partial charge >= 0.3 is 12.3 Å². The number of alkyl halides is 3. The molecular formula is C17H23F3N2O2. The summed E-state index contributed by atoms with van der Waals surface area (Å²) >= 11 is 0. The number of carbonyl (C=O) groups is 1. The van der Waals surface area contributed by atoms with Crippen LogP contribution in [0.25, 0.3) is 0 Å². The van der Waals surface area contributed by atoms with Crippen molar-refractivity contribution in [3.05, 3.63) is 35.9 Å². The Hall–Kier alpha value is -1.76. The molecule has 1 fully saturated rings. The van der Waals surface area contributed by atoms with Crippen molar-refractivity contribution < 1.29 is 22.7 Å². The van der Waals surface area contributed by atoms with Gasteiger partial charge in [0.15, 0.2) is 0 Å². The number of alkyl carbamates (subject to hydrolysis) is 1. The maximum absolute atomic E-state index is 13.3. The van der Waals surface area contributed by atoms with Gasteiger partial charge in [0, 0.05) is 19.6 Å². The predicted molar refractivity (Wildman–Crippen MR) is 84.4 cm³/mol. The molecule has 0 saturated carbocycles. The highest BCUT2D eigenvalue weighted by molar-refractivity contribution is 5.68. The molecule has 134 valence electrons. The Balaban J connectivity index is 2.03. The van der Waals surface area contributed by atoms with Crippen molar-refractivity contribution in [3.8, 4) is 0 Å². The molecular weight excluding hydrogens is 321 g/mol. The summed E-state index contributed by atoms with van der Waals surface area (Å²) in [6.07, 6.45) is -5.19. The third kappa shape index (κ3) is 5.40. The first-order valence-corrected chi connectivity index (χ1v) is 7.87. The van der Waals surface area contributed by atoms with Crippen molar-refractivity contribution in [1.82, 2.24) is 10.2 Å². The van der Waals surface area contributed by atoms with Gasteiger partial charge < -0.3 is 10.1 Å². The second kappa shape index (κ2) is 7.01. The summed E-state index contributed by atoms with van der Waals surface area (Å²) < 4.78 is 45.0. The highest BCUT2D eigenvalue weighted by atomic mass is 19.4. The summed E-state index contributed by atoms with van der Waals surface area (Å²) in [5.41, 5.74) is 0.191. The zero-order chi connectivity index (χ0) is 18.0. The van der Waals surface area contributed by atoms with Crippen molar-refractivity contribution >= 4 is 6.09 Å². The van der Waals surface area contributed by atoms with Gasteiger partial charge in [0.25, 0.3) is 0 Å². The van der Waals surface area contributed by atoms with E-state index in [1.807, 2.05) is 30.3 Å². The first-order chi connectivity index (χ1) is 11.0. The van der Waals surface area contributed by atoms with Crippen molar-refractivity contribution in [1.29, 1.82) is 0 Å². The average Bonchev–Trinajstić information content (AvgIpc) is 2.80. The van der Waals surface area contributed by atoms with Crippen LogP contribution in [0, 0.1) is 5.92 Å². The van der Waals surface area contributed by atoms with E-state index in [-0.39, 0.29) is 13.1 Å². The lowest BCUT2D eigenvalue weighted by Gasteiger charge is -2.25. The molecule has 2 rings (SSSR count). The van der Waals surface area contributed by atoms with Crippen LogP contribution in [0.3, 0.4) is 0 Å². The van der Waals surface area contributed by atoms with Gasteiger partial charge in [0.1, 0.15) is 5.60 Å². The minimum atomic E-state index is -4.37. The zero-order valence-electron chi connectivity index (χ0n) is 14.1.